The lowest BCUT2D eigenvalue weighted by molar-refractivity contribution is -0.134. The number of rotatable bonds is 4. The van der Waals surface area contributed by atoms with Crippen LogP contribution in [0.2, 0.25) is 0 Å². The predicted octanol–water partition coefficient (Wildman–Crippen LogP) is 1.05. The van der Waals surface area contributed by atoms with Gasteiger partial charge in [-0.25, -0.2) is 0 Å². The van der Waals surface area contributed by atoms with Gasteiger partial charge in [-0.3, -0.25) is 9.59 Å². The van der Waals surface area contributed by atoms with Crippen molar-refractivity contribution in [2.45, 2.75) is 26.3 Å². The molecule has 2 amide bonds. The quantitative estimate of drug-likeness (QED) is 0.868. The van der Waals surface area contributed by atoms with Crippen LogP contribution in [0.4, 0.5) is 0 Å². The van der Waals surface area contributed by atoms with Gasteiger partial charge in [0.2, 0.25) is 5.91 Å². The third-order valence-corrected chi connectivity index (χ3v) is 4.04. The Bertz CT molecular complexity index is 549. The number of piperazine rings is 1. The van der Waals surface area contributed by atoms with Crippen molar-refractivity contribution in [3.8, 4) is 5.75 Å². The van der Waals surface area contributed by atoms with E-state index in [-0.39, 0.29) is 17.6 Å². The molecule has 0 radical (unpaired) electrons. The summed E-state index contributed by atoms with van der Waals surface area (Å²) in [7, 11) is 0. The fourth-order valence-corrected chi connectivity index (χ4v) is 2.76. The summed E-state index contributed by atoms with van der Waals surface area (Å²) >= 11 is 0. The van der Waals surface area contributed by atoms with Crippen molar-refractivity contribution in [3.63, 3.8) is 0 Å². The van der Waals surface area contributed by atoms with Gasteiger partial charge in [-0.05, 0) is 36.6 Å². The van der Waals surface area contributed by atoms with Crippen molar-refractivity contribution in [1.82, 2.24) is 9.80 Å². The molecule has 1 atom stereocenters. The minimum atomic E-state index is -0.464. The second-order valence-electron chi connectivity index (χ2n) is 6.40. The Labute approximate surface area is 136 Å². The molecule has 1 aromatic carbocycles. The van der Waals surface area contributed by atoms with Gasteiger partial charge in [-0.15, -0.1) is 0 Å². The molecule has 0 aromatic heterocycles. The Morgan fingerprint density at radius 3 is 2.13 bits per heavy atom. The first-order chi connectivity index (χ1) is 10.9. The van der Waals surface area contributed by atoms with E-state index in [1.165, 1.54) is 12.1 Å². The van der Waals surface area contributed by atoms with E-state index in [2.05, 4.69) is 0 Å². The molecule has 0 bridgehead atoms. The van der Waals surface area contributed by atoms with E-state index in [1.807, 2.05) is 13.8 Å². The topological polar surface area (TPSA) is 86.9 Å². The molecular weight excluding hydrogens is 294 g/mol. The number of nitrogens with two attached hydrogens (primary N) is 1. The highest BCUT2D eigenvalue weighted by atomic mass is 16.3. The van der Waals surface area contributed by atoms with E-state index < -0.39 is 6.04 Å². The molecule has 2 rings (SSSR count). The van der Waals surface area contributed by atoms with Gasteiger partial charge >= 0.3 is 0 Å². The average Bonchev–Trinajstić information content (AvgIpc) is 2.53. The first-order valence-electron chi connectivity index (χ1n) is 8.01. The lowest BCUT2D eigenvalue weighted by atomic mass is 10.0. The fraction of sp³-hybridized carbons (Fsp3) is 0.529. The fourth-order valence-electron chi connectivity index (χ4n) is 2.76. The van der Waals surface area contributed by atoms with Crippen LogP contribution in [0.1, 0.15) is 30.6 Å². The molecule has 126 valence electrons. The van der Waals surface area contributed by atoms with Crippen LogP contribution in [0, 0.1) is 5.92 Å². The Hall–Kier alpha value is -2.08. The summed E-state index contributed by atoms with van der Waals surface area (Å²) in [5, 5.41) is 9.28. The van der Waals surface area contributed by atoms with Crippen molar-refractivity contribution >= 4 is 11.8 Å². The molecule has 1 aliphatic rings. The molecule has 1 aromatic rings. The number of carbonyl (C=O) groups is 2. The number of phenols is 1. The van der Waals surface area contributed by atoms with Crippen LogP contribution < -0.4 is 5.73 Å². The molecule has 6 nitrogen and oxygen atoms in total. The third kappa shape index (κ3) is 4.45. The Morgan fingerprint density at radius 1 is 1.09 bits per heavy atom. The highest BCUT2D eigenvalue weighted by Crippen LogP contribution is 2.14. The van der Waals surface area contributed by atoms with Gasteiger partial charge in [0.15, 0.2) is 0 Å². The summed E-state index contributed by atoms with van der Waals surface area (Å²) in [6.45, 7) is 6.10. The lowest BCUT2D eigenvalue weighted by Crippen LogP contribution is -2.54. The van der Waals surface area contributed by atoms with Crippen molar-refractivity contribution in [2.24, 2.45) is 11.7 Å². The van der Waals surface area contributed by atoms with Crippen molar-refractivity contribution in [3.05, 3.63) is 29.8 Å². The molecule has 0 aliphatic carbocycles. The first kappa shape index (κ1) is 17.3. The summed E-state index contributed by atoms with van der Waals surface area (Å²) in [4.78, 5) is 28.1. The van der Waals surface area contributed by atoms with Crippen molar-refractivity contribution < 1.29 is 14.7 Å². The molecule has 1 heterocycles. The number of benzene rings is 1. The van der Waals surface area contributed by atoms with Crippen LogP contribution in [0.25, 0.3) is 0 Å². The minimum Gasteiger partial charge on any atom is -0.508 e. The normalized spacial score (nSPS) is 16.5. The zero-order chi connectivity index (χ0) is 17.0. The molecule has 23 heavy (non-hydrogen) atoms. The Morgan fingerprint density at radius 2 is 1.61 bits per heavy atom. The lowest BCUT2D eigenvalue weighted by Gasteiger charge is -2.36. The Balaban J connectivity index is 1.89. The maximum Gasteiger partial charge on any atom is 0.253 e. The van der Waals surface area contributed by atoms with Gasteiger partial charge in [-0.2, -0.15) is 0 Å². The molecular formula is C17H25N3O3. The summed E-state index contributed by atoms with van der Waals surface area (Å²) in [5.74, 6) is 0.404. The van der Waals surface area contributed by atoms with Crippen molar-refractivity contribution in [2.75, 3.05) is 26.2 Å². The van der Waals surface area contributed by atoms with Crippen molar-refractivity contribution in [1.29, 1.82) is 0 Å². The zero-order valence-electron chi connectivity index (χ0n) is 13.7. The van der Waals surface area contributed by atoms with E-state index in [1.54, 1.807) is 21.9 Å². The van der Waals surface area contributed by atoms with E-state index in [0.29, 0.717) is 44.1 Å². The van der Waals surface area contributed by atoms with Crippen LogP contribution in [-0.4, -0.2) is 58.9 Å². The van der Waals surface area contributed by atoms with E-state index in [4.69, 9.17) is 5.73 Å². The highest BCUT2D eigenvalue weighted by molar-refractivity contribution is 5.94. The van der Waals surface area contributed by atoms with Crippen LogP contribution in [0.3, 0.4) is 0 Å². The molecule has 1 fully saturated rings. The second-order valence-corrected chi connectivity index (χ2v) is 6.40. The number of nitrogens with zero attached hydrogens (tertiary/aromatic N) is 2. The number of carbonyl (C=O) groups excluding carboxylic acids is 2. The first-order valence-corrected chi connectivity index (χ1v) is 8.01. The van der Waals surface area contributed by atoms with E-state index in [9.17, 15) is 14.7 Å². The van der Waals surface area contributed by atoms with Gasteiger partial charge in [-0.1, -0.05) is 13.8 Å². The number of hydrogen-bond acceptors (Lipinski definition) is 4. The number of hydrogen-bond donors (Lipinski definition) is 2. The number of aromatic hydroxyl groups is 1. The van der Waals surface area contributed by atoms with Gasteiger partial charge in [0.1, 0.15) is 5.75 Å². The standard InChI is InChI=1S/C17H25N3O3/c1-12(2)11-15(18)17(23)20-9-7-19(8-10-20)16(22)13-3-5-14(21)6-4-13/h3-6,12,15,21H,7-11,18H2,1-2H3/t15-/m0/s1. The monoisotopic (exact) mass is 319 g/mol. The maximum atomic E-state index is 12.4. The third-order valence-electron chi connectivity index (χ3n) is 4.04. The minimum absolute atomic E-state index is 0.0320. The Kier molecular flexibility index (Phi) is 5.60. The molecule has 6 heteroatoms. The zero-order valence-corrected chi connectivity index (χ0v) is 13.7. The molecule has 1 aliphatic heterocycles. The number of phenolic OH excluding ortho intramolecular Hbond substituents is 1. The molecule has 0 unspecified atom stereocenters. The second kappa shape index (κ2) is 7.46. The van der Waals surface area contributed by atoms with E-state index in [0.717, 1.165) is 0 Å². The largest absolute Gasteiger partial charge is 0.508 e. The van der Waals surface area contributed by atoms with Crippen LogP contribution in [0.15, 0.2) is 24.3 Å². The number of amides is 2. The van der Waals surface area contributed by atoms with Gasteiger partial charge in [0.25, 0.3) is 5.91 Å². The van der Waals surface area contributed by atoms with Gasteiger partial charge in [0.05, 0.1) is 6.04 Å². The highest BCUT2D eigenvalue weighted by Gasteiger charge is 2.27. The van der Waals surface area contributed by atoms with Crippen LogP contribution >= 0.6 is 0 Å². The molecule has 1 saturated heterocycles. The SMILES string of the molecule is CC(C)C[C@H](N)C(=O)N1CCN(C(=O)c2ccc(O)cc2)CC1. The summed E-state index contributed by atoms with van der Waals surface area (Å²) in [5.41, 5.74) is 6.49. The van der Waals surface area contributed by atoms with Crippen LogP contribution in [-0.2, 0) is 4.79 Å². The van der Waals surface area contributed by atoms with Crippen LogP contribution in [0.5, 0.6) is 5.75 Å². The molecule has 3 N–H and O–H groups in total. The average molecular weight is 319 g/mol. The molecule has 0 saturated carbocycles. The summed E-state index contributed by atoms with van der Waals surface area (Å²) < 4.78 is 0. The smallest absolute Gasteiger partial charge is 0.253 e. The maximum absolute atomic E-state index is 12.4. The molecule has 0 spiro atoms. The van der Waals surface area contributed by atoms with E-state index >= 15 is 0 Å². The van der Waals surface area contributed by atoms with Gasteiger partial charge in [0, 0.05) is 31.7 Å². The summed E-state index contributed by atoms with van der Waals surface area (Å²) in [6.07, 6.45) is 0.672. The van der Waals surface area contributed by atoms with Gasteiger partial charge < -0.3 is 20.6 Å². The summed E-state index contributed by atoms with van der Waals surface area (Å²) in [6, 6.07) is 5.74. The predicted molar refractivity (Wildman–Crippen MR) is 88.0 cm³/mol.